The molecule has 4 amide bonds. The molecule has 3 N–H and O–H groups in total. The number of aliphatic hydroxyl groups excluding tert-OH is 1. The number of para-hydroxylation sites is 1. The fourth-order valence-corrected chi connectivity index (χ4v) is 8.85. The van der Waals surface area contributed by atoms with E-state index < -0.39 is 59.9 Å². The summed E-state index contributed by atoms with van der Waals surface area (Å²) in [5.74, 6) is -2.18. The van der Waals surface area contributed by atoms with Gasteiger partial charge in [0.25, 0.3) is 5.91 Å². The zero-order valence-electron chi connectivity index (χ0n) is 35.1. The fraction of sp³-hybridized carbons (Fsp3) is 0.400. The molecule has 5 heterocycles. The Labute approximate surface area is 363 Å². The van der Waals surface area contributed by atoms with Gasteiger partial charge in [0.15, 0.2) is 0 Å². The zero-order valence-corrected chi connectivity index (χ0v) is 35.9. The number of thiophene rings is 1. The van der Waals surface area contributed by atoms with Crippen molar-refractivity contribution in [1.82, 2.24) is 35.4 Å². The number of carbonyl (C=O) groups excluding carboxylic acids is 5. The van der Waals surface area contributed by atoms with E-state index in [0.29, 0.717) is 18.0 Å². The molecule has 0 spiro atoms. The highest BCUT2D eigenvalue weighted by Crippen LogP contribution is 2.29. The molecule has 62 heavy (non-hydrogen) atoms. The van der Waals surface area contributed by atoms with Crippen LogP contribution in [0.4, 0.5) is 0 Å². The van der Waals surface area contributed by atoms with Crippen LogP contribution in [0.1, 0.15) is 53.9 Å². The molecular weight excluding hydrogens is 815 g/mol. The van der Waals surface area contributed by atoms with Crippen LogP contribution in [0.5, 0.6) is 11.5 Å². The number of likely N-dealkylation sites (N-methyl/N-ethyl adjacent to an activating group) is 1. The second-order valence-corrected chi connectivity index (χ2v) is 16.9. The van der Waals surface area contributed by atoms with Crippen molar-refractivity contribution in [3.63, 3.8) is 0 Å². The maximum Gasteiger partial charge on any atom is 0.328 e. The first kappa shape index (κ1) is 43.7. The highest BCUT2D eigenvalue weighted by Gasteiger charge is 2.45. The lowest BCUT2D eigenvalue weighted by atomic mass is 10.00. The summed E-state index contributed by atoms with van der Waals surface area (Å²) in [5, 5.41) is 28.0. The topological polar surface area (TPSA) is 195 Å². The van der Waals surface area contributed by atoms with Crippen LogP contribution in [0.2, 0.25) is 0 Å². The van der Waals surface area contributed by atoms with Crippen molar-refractivity contribution in [2.45, 2.75) is 83.0 Å². The summed E-state index contributed by atoms with van der Waals surface area (Å²) in [6.07, 6.45) is 0.990. The predicted molar refractivity (Wildman–Crippen MR) is 229 cm³/mol. The third-order valence-electron chi connectivity index (χ3n) is 11.1. The van der Waals surface area contributed by atoms with Gasteiger partial charge >= 0.3 is 5.97 Å². The SMILES string of the molecule is COC(=O)[C@@H]1Cc2ccc(cc2)OCCn2cc(nn2)COc2ccccc2C(=O)N[C@H](CC(C)C)C(=O)N2C[C@@H](O)C[C@@H]2C(=O)N(C)[C@@H](Cc2csc3ccccc23)C(=O)N1. The lowest BCUT2D eigenvalue weighted by Crippen LogP contribution is -2.58. The van der Waals surface area contributed by atoms with Crippen molar-refractivity contribution in [3.05, 3.63) is 107 Å². The average Bonchev–Trinajstić information content (AvgIpc) is 4.02. The Morgan fingerprint density at radius 3 is 2.52 bits per heavy atom. The number of hydrogen-bond acceptors (Lipinski definition) is 12. The Bertz CT molecular complexity index is 2400. The van der Waals surface area contributed by atoms with Gasteiger partial charge in [0.05, 0.1) is 31.5 Å². The largest absolute Gasteiger partial charge is 0.492 e. The standard InChI is InChI=1S/C45H51N7O9S/c1-27(2)19-35-43(56)52-24-31(53)22-38(52)44(57)50(3)37(21-29-26-62-40-12-8-6-9-33(29)40)42(55)47-36(45(58)59-4)20-28-13-15-32(16-14-28)60-18-17-51-23-30(48-49-51)25-61-39-11-7-5-10-34(39)41(54)46-35/h5-16,23,26-27,31,35-38,53H,17-22,24-25H2,1-4H3,(H,46,54)(H,47,55)/t31-,35+,36-,37-,38+/m0/s1. The zero-order chi connectivity index (χ0) is 43.9. The molecule has 16 nitrogen and oxygen atoms in total. The van der Waals surface area contributed by atoms with Crippen molar-refractivity contribution in [2.75, 3.05) is 27.3 Å². The molecule has 0 unspecified atom stereocenters. The molecule has 0 saturated carbocycles. The number of ether oxygens (including phenoxy) is 3. The molecule has 1 fully saturated rings. The number of hydrogen-bond donors (Lipinski definition) is 3. The van der Waals surface area contributed by atoms with Crippen molar-refractivity contribution in [2.24, 2.45) is 5.92 Å². The van der Waals surface area contributed by atoms with Gasteiger partial charge in [-0.2, -0.15) is 0 Å². The van der Waals surface area contributed by atoms with E-state index >= 15 is 0 Å². The van der Waals surface area contributed by atoms with E-state index in [9.17, 15) is 29.1 Å². The van der Waals surface area contributed by atoms with E-state index in [2.05, 4.69) is 20.9 Å². The molecule has 3 aliphatic heterocycles. The maximum atomic E-state index is 14.7. The van der Waals surface area contributed by atoms with E-state index in [-0.39, 0.29) is 62.7 Å². The molecule has 0 radical (unpaired) electrons. The molecule has 5 atom stereocenters. The summed E-state index contributed by atoms with van der Waals surface area (Å²) in [4.78, 5) is 73.7. The van der Waals surface area contributed by atoms with Gasteiger partial charge in [-0.05, 0) is 64.6 Å². The fourth-order valence-electron chi connectivity index (χ4n) is 7.88. The minimum absolute atomic E-state index is 0.0114. The molecule has 1 saturated heterocycles. The van der Waals surface area contributed by atoms with E-state index in [1.807, 2.05) is 43.5 Å². The Morgan fingerprint density at radius 1 is 0.984 bits per heavy atom. The van der Waals surface area contributed by atoms with E-state index in [0.717, 1.165) is 21.2 Å². The van der Waals surface area contributed by atoms with E-state index in [4.69, 9.17) is 14.2 Å². The number of nitrogens with zero attached hydrogens (tertiary/aromatic N) is 5. The van der Waals surface area contributed by atoms with Gasteiger partial charge in [0.1, 0.15) is 54.6 Å². The average molecular weight is 866 g/mol. The minimum Gasteiger partial charge on any atom is -0.492 e. The van der Waals surface area contributed by atoms with Crippen molar-refractivity contribution in [1.29, 1.82) is 0 Å². The monoisotopic (exact) mass is 865 g/mol. The minimum atomic E-state index is -1.16. The number of benzene rings is 3. The van der Waals surface area contributed by atoms with Crippen LogP contribution in [-0.4, -0.2) is 117 Å². The number of esters is 1. The first-order chi connectivity index (χ1) is 29.9. The van der Waals surface area contributed by atoms with Gasteiger partial charge in [-0.3, -0.25) is 19.2 Å². The van der Waals surface area contributed by atoms with Gasteiger partial charge in [-0.1, -0.05) is 61.5 Å². The van der Waals surface area contributed by atoms with Crippen LogP contribution < -0.4 is 20.1 Å². The Kier molecular flexibility index (Phi) is 13.8. The van der Waals surface area contributed by atoms with Gasteiger partial charge in [0.2, 0.25) is 17.7 Å². The summed E-state index contributed by atoms with van der Waals surface area (Å²) in [7, 11) is 2.73. The van der Waals surface area contributed by atoms with Crippen molar-refractivity contribution < 1.29 is 43.3 Å². The summed E-state index contributed by atoms with van der Waals surface area (Å²) >= 11 is 1.51. The third kappa shape index (κ3) is 10.2. The molecule has 0 aliphatic carbocycles. The number of methoxy groups -OCH3 is 1. The Hall–Kier alpha value is -6.33. The molecule has 2 aromatic heterocycles. The number of aromatic nitrogens is 3. The number of amides is 4. The van der Waals surface area contributed by atoms with Crippen LogP contribution >= 0.6 is 11.3 Å². The smallest absolute Gasteiger partial charge is 0.328 e. The summed E-state index contributed by atoms with van der Waals surface area (Å²) in [6.45, 7) is 4.33. The summed E-state index contributed by atoms with van der Waals surface area (Å²) in [5.41, 5.74) is 2.24. The lowest BCUT2D eigenvalue weighted by molar-refractivity contribution is -0.149. The first-order valence-electron chi connectivity index (χ1n) is 20.6. The normalized spacial score (nSPS) is 22.0. The Balaban J connectivity index is 1.24. The van der Waals surface area contributed by atoms with Crippen molar-refractivity contribution in [3.8, 4) is 11.5 Å². The molecule has 4 bridgehead atoms. The summed E-state index contributed by atoms with van der Waals surface area (Å²) in [6, 6.07) is 17.0. The molecule has 17 heteroatoms. The van der Waals surface area contributed by atoms with Gasteiger partial charge in [-0.15, -0.1) is 16.4 Å². The van der Waals surface area contributed by atoms with Crippen LogP contribution in [0.3, 0.4) is 0 Å². The number of rotatable bonds is 5. The van der Waals surface area contributed by atoms with Crippen LogP contribution in [-0.2, 0) is 49.9 Å². The second-order valence-electron chi connectivity index (χ2n) is 16.0. The highest BCUT2D eigenvalue weighted by molar-refractivity contribution is 7.17. The van der Waals surface area contributed by atoms with Crippen molar-refractivity contribution >= 4 is 51.0 Å². The van der Waals surface area contributed by atoms with E-state index in [1.54, 1.807) is 59.4 Å². The lowest BCUT2D eigenvalue weighted by Gasteiger charge is -2.34. The second kappa shape index (κ2) is 19.6. The van der Waals surface area contributed by atoms with E-state index in [1.165, 1.54) is 35.3 Å². The predicted octanol–water partition coefficient (Wildman–Crippen LogP) is 3.54. The number of aliphatic hydroxyl groups is 1. The number of carbonyl (C=O) groups is 5. The Morgan fingerprint density at radius 2 is 1.74 bits per heavy atom. The number of fused-ring (bicyclic) bond motifs is 15. The molecule has 3 aromatic carbocycles. The van der Waals surface area contributed by atoms with Gasteiger partial charge in [-0.25, -0.2) is 9.48 Å². The third-order valence-corrected chi connectivity index (χ3v) is 12.1. The molecule has 326 valence electrons. The molecule has 8 rings (SSSR count). The molecule has 5 aromatic rings. The van der Waals surface area contributed by atoms with Gasteiger partial charge < -0.3 is 39.8 Å². The van der Waals surface area contributed by atoms with Crippen LogP contribution in [0.25, 0.3) is 10.1 Å². The number of nitrogens with one attached hydrogen (secondary N) is 2. The van der Waals surface area contributed by atoms with Crippen LogP contribution in [0.15, 0.2) is 84.4 Å². The highest BCUT2D eigenvalue weighted by atomic mass is 32.1. The van der Waals surface area contributed by atoms with Crippen LogP contribution in [0, 0.1) is 5.92 Å². The quantitative estimate of drug-likeness (QED) is 0.219. The molecular formula is C45H51N7O9S. The maximum absolute atomic E-state index is 14.7. The van der Waals surface area contributed by atoms with Gasteiger partial charge in [0, 0.05) is 37.6 Å². The summed E-state index contributed by atoms with van der Waals surface area (Å²) < 4.78 is 19.7. The molecule has 3 aliphatic rings. The first-order valence-corrected chi connectivity index (χ1v) is 21.5.